The van der Waals surface area contributed by atoms with E-state index in [9.17, 15) is 4.79 Å². The smallest absolute Gasteiger partial charge is 0.228 e. The monoisotopic (exact) mass is 321 g/mol. The summed E-state index contributed by atoms with van der Waals surface area (Å²) in [6, 6.07) is 14.1. The molecule has 0 unspecified atom stereocenters. The third-order valence-electron chi connectivity index (χ3n) is 4.54. The standard InChI is InChI=1S/C21H23NO2/c1-4-15(3)17-7-5-6-8-19(17)22-21(23)12-16-13-24-20-11-14(2)9-10-18(16)20/h5-11,13,15H,4,12H2,1-3H3,(H,22,23)/t15-/m0/s1. The highest BCUT2D eigenvalue weighted by molar-refractivity contribution is 5.96. The number of carbonyl (C=O) groups is 1. The summed E-state index contributed by atoms with van der Waals surface area (Å²) in [6.45, 7) is 6.36. The highest BCUT2D eigenvalue weighted by Gasteiger charge is 2.14. The zero-order chi connectivity index (χ0) is 17.1. The minimum Gasteiger partial charge on any atom is -0.464 e. The summed E-state index contributed by atoms with van der Waals surface area (Å²) in [6.07, 6.45) is 3.04. The second kappa shape index (κ2) is 6.91. The largest absolute Gasteiger partial charge is 0.464 e. The molecule has 0 radical (unpaired) electrons. The second-order valence-corrected chi connectivity index (χ2v) is 6.38. The Kier molecular flexibility index (Phi) is 4.70. The molecule has 3 rings (SSSR count). The van der Waals surface area contributed by atoms with Crippen molar-refractivity contribution in [3.05, 3.63) is 65.4 Å². The number of rotatable bonds is 5. The van der Waals surface area contributed by atoms with Crippen molar-refractivity contribution in [2.24, 2.45) is 0 Å². The summed E-state index contributed by atoms with van der Waals surface area (Å²) in [7, 11) is 0. The van der Waals surface area contributed by atoms with Crippen molar-refractivity contribution >= 4 is 22.6 Å². The number of fused-ring (bicyclic) bond motifs is 1. The van der Waals surface area contributed by atoms with Crippen LogP contribution in [0.5, 0.6) is 0 Å². The summed E-state index contributed by atoms with van der Waals surface area (Å²) < 4.78 is 5.58. The molecule has 1 amide bonds. The lowest BCUT2D eigenvalue weighted by atomic mass is 9.97. The Balaban J connectivity index is 1.78. The highest BCUT2D eigenvalue weighted by Crippen LogP contribution is 2.27. The van der Waals surface area contributed by atoms with Crippen LogP contribution < -0.4 is 5.32 Å². The maximum Gasteiger partial charge on any atom is 0.228 e. The molecule has 0 aliphatic carbocycles. The van der Waals surface area contributed by atoms with Crippen LogP contribution in [0.15, 0.2) is 53.1 Å². The average molecular weight is 321 g/mol. The Morgan fingerprint density at radius 2 is 2.00 bits per heavy atom. The van der Waals surface area contributed by atoms with E-state index in [-0.39, 0.29) is 5.91 Å². The van der Waals surface area contributed by atoms with Crippen molar-refractivity contribution < 1.29 is 9.21 Å². The van der Waals surface area contributed by atoms with Gasteiger partial charge in [0.1, 0.15) is 5.58 Å². The molecule has 3 aromatic rings. The first kappa shape index (κ1) is 16.3. The van der Waals surface area contributed by atoms with Crippen LogP contribution in [-0.4, -0.2) is 5.91 Å². The highest BCUT2D eigenvalue weighted by atomic mass is 16.3. The molecule has 3 nitrogen and oxygen atoms in total. The van der Waals surface area contributed by atoms with Gasteiger partial charge in [-0.15, -0.1) is 0 Å². The SMILES string of the molecule is CC[C@H](C)c1ccccc1NC(=O)Cc1coc2cc(C)ccc12. The Morgan fingerprint density at radius 1 is 1.21 bits per heavy atom. The van der Waals surface area contributed by atoms with Crippen molar-refractivity contribution in [2.75, 3.05) is 5.32 Å². The van der Waals surface area contributed by atoms with Gasteiger partial charge in [-0.2, -0.15) is 0 Å². The van der Waals surface area contributed by atoms with E-state index in [4.69, 9.17) is 4.42 Å². The molecule has 0 bridgehead atoms. The summed E-state index contributed by atoms with van der Waals surface area (Å²) in [5.41, 5.74) is 4.98. The number of hydrogen-bond acceptors (Lipinski definition) is 2. The van der Waals surface area contributed by atoms with E-state index >= 15 is 0 Å². The van der Waals surface area contributed by atoms with Crippen molar-refractivity contribution in [1.82, 2.24) is 0 Å². The van der Waals surface area contributed by atoms with Crippen LogP contribution in [-0.2, 0) is 11.2 Å². The van der Waals surface area contributed by atoms with E-state index in [1.54, 1.807) is 6.26 Å². The third-order valence-corrected chi connectivity index (χ3v) is 4.54. The quantitative estimate of drug-likeness (QED) is 0.680. The van der Waals surface area contributed by atoms with Gasteiger partial charge in [0.05, 0.1) is 12.7 Å². The first-order valence-corrected chi connectivity index (χ1v) is 8.44. The van der Waals surface area contributed by atoms with E-state index in [1.807, 2.05) is 43.3 Å². The van der Waals surface area contributed by atoms with Crippen molar-refractivity contribution in [2.45, 2.75) is 39.5 Å². The van der Waals surface area contributed by atoms with Crippen LogP contribution in [0.4, 0.5) is 5.69 Å². The first-order valence-electron chi connectivity index (χ1n) is 8.44. The molecule has 1 atom stereocenters. The van der Waals surface area contributed by atoms with E-state index in [1.165, 1.54) is 5.56 Å². The molecule has 0 aliphatic rings. The van der Waals surface area contributed by atoms with Crippen LogP contribution in [0.1, 0.15) is 42.9 Å². The van der Waals surface area contributed by atoms with Gasteiger partial charge in [0.25, 0.3) is 0 Å². The summed E-state index contributed by atoms with van der Waals surface area (Å²) in [5.74, 6) is 0.397. The maximum atomic E-state index is 12.5. The number of furan rings is 1. The molecule has 3 heteroatoms. The lowest BCUT2D eigenvalue weighted by Gasteiger charge is -2.15. The minimum absolute atomic E-state index is 0.0194. The number of para-hydroxylation sites is 1. The van der Waals surface area contributed by atoms with Gasteiger partial charge < -0.3 is 9.73 Å². The van der Waals surface area contributed by atoms with Gasteiger partial charge in [-0.1, -0.05) is 44.2 Å². The molecule has 0 fully saturated rings. The van der Waals surface area contributed by atoms with Crippen LogP contribution >= 0.6 is 0 Å². The van der Waals surface area contributed by atoms with E-state index in [2.05, 4.69) is 25.2 Å². The molecule has 0 saturated carbocycles. The molecular weight excluding hydrogens is 298 g/mol. The van der Waals surface area contributed by atoms with Crippen molar-refractivity contribution in [3.8, 4) is 0 Å². The van der Waals surface area contributed by atoms with Gasteiger partial charge in [0, 0.05) is 16.6 Å². The van der Waals surface area contributed by atoms with Gasteiger partial charge in [0.15, 0.2) is 0 Å². The molecular formula is C21H23NO2. The zero-order valence-corrected chi connectivity index (χ0v) is 14.4. The number of amides is 1. The molecule has 1 N–H and O–H groups in total. The van der Waals surface area contributed by atoms with Gasteiger partial charge in [-0.3, -0.25) is 4.79 Å². The Morgan fingerprint density at radius 3 is 2.79 bits per heavy atom. The fourth-order valence-corrected chi connectivity index (χ4v) is 2.96. The lowest BCUT2D eigenvalue weighted by molar-refractivity contribution is -0.115. The Labute approximate surface area is 142 Å². The second-order valence-electron chi connectivity index (χ2n) is 6.38. The minimum atomic E-state index is -0.0194. The lowest BCUT2D eigenvalue weighted by Crippen LogP contribution is -2.15. The number of nitrogens with one attached hydrogen (secondary N) is 1. The molecule has 0 spiro atoms. The van der Waals surface area contributed by atoms with E-state index < -0.39 is 0 Å². The van der Waals surface area contributed by atoms with E-state index in [0.717, 1.165) is 34.2 Å². The zero-order valence-electron chi connectivity index (χ0n) is 14.4. The average Bonchev–Trinajstić information content (AvgIpc) is 2.96. The fourth-order valence-electron chi connectivity index (χ4n) is 2.96. The summed E-state index contributed by atoms with van der Waals surface area (Å²) in [4.78, 5) is 12.5. The van der Waals surface area contributed by atoms with E-state index in [0.29, 0.717) is 12.3 Å². The van der Waals surface area contributed by atoms with Gasteiger partial charge in [-0.25, -0.2) is 0 Å². The number of anilines is 1. The summed E-state index contributed by atoms with van der Waals surface area (Å²) >= 11 is 0. The maximum absolute atomic E-state index is 12.5. The van der Waals surface area contributed by atoms with Gasteiger partial charge in [0.2, 0.25) is 5.91 Å². The third kappa shape index (κ3) is 3.35. The number of aryl methyl sites for hydroxylation is 1. The van der Waals surface area contributed by atoms with Crippen molar-refractivity contribution in [1.29, 1.82) is 0 Å². The normalized spacial score (nSPS) is 12.3. The predicted octanol–water partition coefficient (Wildman–Crippen LogP) is 5.44. The van der Waals surface area contributed by atoms with Crippen LogP contribution in [0.2, 0.25) is 0 Å². The first-order chi connectivity index (χ1) is 11.6. The summed E-state index contributed by atoms with van der Waals surface area (Å²) in [5, 5.41) is 4.07. The molecule has 0 aliphatic heterocycles. The van der Waals surface area contributed by atoms with Crippen LogP contribution in [0, 0.1) is 6.92 Å². The van der Waals surface area contributed by atoms with Crippen LogP contribution in [0.25, 0.3) is 11.0 Å². The van der Waals surface area contributed by atoms with Gasteiger partial charge >= 0.3 is 0 Å². The fraction of sp³-hybridized carbons (Fsp3) is 0.286. The molecule has 124 valence electrons. The Hall–Kier alpha value is -2.55. The molecule has 2 aromatic carbocycles. The number of carbonyl (C=O) groups excluding carboxylic acids is 1. The Bertz CT molecular complexity index is 863. The molecule has 1 heterocycles. The number of hydrogen-bond donors (Lipinski definition) is 1. The van der Waals surface area contributed by atoms with Crippen molar-refractivity contribution in [3.63, 3.8) is 0 Å². The molecule has 24 heavy (non-hydrogen) atoms. The van der Waals surface area contributed by atoms with Crippen LogP contribution in [0.3, 0.4) is 0 Å². The predicted molar refractivity (Wildman–Crippen MR) is 98.4 cm³/mol. The molecule has 1 aromatic heterocycles. The topological polar surface area (TPSA) is 42.2 Å². The van der Waals surface area contributed by atoms with Gasteiger partial charge in [-0.05, 0) is 42.5 Å². The number of benzene rings is 2. The molecule has 0 saturated heterocycles.